The number of anilines is 1. The van der Waals surface area contributed by atoms with Crippen molar-refractivity contribution in [2.45, 2.75) is 13.0 Å². The molecule has 0 aliphatic rings. The second kappa shape index (κ2) is 9.18. The number of methoxy groups -OCH3 is 1. The highest BCUT2D eigenvalue weighted by atomic mass is 35.5. The first kappa shape index (κ1) is 20.4. The fourth-order valence-electron chi connectivity index (χ4n) is 1.72. The molecule has 26 heavy (non-hydrogen) atoms. The Morgan fingerprint density at radius 3 is 2.62 bits per heavy atom. The van der Waals surface area contributed by atoms with Crippen molar-refractivity contribution in [3.63, 3.8) is 0 Å². The van der Waals surface area contributed by atoms with Crippen molar-refractivity contribution in [1.82, 2.24) is 15.3 Å². The highest BCUT2D eigenvalue weighted by Gasteiger charge is 2.18. The summed E-state index contributed by atoms with van der Waals surface area (Å²) in [5.74, 6) is 0.146. The van der Waals surface area contributed by atoms with Crippen molar-refractivity contribution in [3.05, 3.63) is 39.5 Å². The lowest BCUT2D eigenvalue weighted by atomic mass is 10.3. The summed E-state index contributed by atoms with van der Waals surface area (Å²) in [5.41, 5.74) is 0. The van der Waals surface area contributed by atoms with E-state index in [0.29, 0.717) is 10.8 Å². The molecule has 1 aromatic carbocycles. The topological polar surface area (TPSA) is 85.4 Å². The Morgan fingerprint density at radius 2 is 1.96 bits per heavy atom. The predicted octanol–water partition coefficient (Wildman–Crippen LogP) is 3.73. The minimum absolute atomic E-state index is 0.0306. The van der Waals surface area contributed by atoms with E-state index in [9.17, 15) is 4.79 Å². The highest BCUT2D eigenvalue weighted by molar-refractivity contribution is 7.80. The maximum absolute atomic E-state index is 12.2. The number of amides is 1. The summed E-state index contributed by atoms with van der Waals surface area (Å²) >= 11 is 22.7. The first-order chi connectivity index (χ1) is 12.3. The Hall–Kier alpha value is -1.87. The largest absolute Gasteiger partial charge is 0.481 e. The van der Waals surface area contributed by atoms with E-state index in [2.05, 4.69) is 20.6 Å². The van der Waals surface area contributed by atoms with Gasteiger partial charge in [0.15, 0.2) is 11.2 Å². The van der Waals surface area contributed by atoms with Crippen LogP contribution in [0.1, 0.15) is 6.92 Å². The summed E-state index contributed by atoms with van der Waals surface area (Å²) in [7, 11) is 1.43. The van der Waals surface area contributed by atoms with Crippen molar-refractivity contribution >= 4 is 64.0 Å². The van der Waals surface area contributed by atoms with Gasteiger partial charge >= 0.3 is 0 Å². The van der Waals surface area contributed by atoms with E-state index in [0.717, 1.165) is 0 Å². The van der Waals surface area contributed by atoms with Crippen LogP contribution in [0.2, 0.25) is 15.2 Å². The van der Waals surface area contributed by atoms with Crippen LogP contribution in [-0.2, 0) is 4.79 Å². The molecule has 1 atom stereocenters. The normalized spacial score (nSPS) is 11.4. The van der Waals surface area contributed by atoms with Gasteiger partial charge in [-0.3, -0.25) is 10.1 Å². The van der Waals surface area contributed by atoms with Gasteiger partial charge in [0.1, 0.15) is 10.9 Å². The molecule has 2 rings (SSSR count). The predicted molar refractivity (Wildman–Crippen MR) is 105 cm³/mol. The van der Waals surface area contributed by atoms with Gasteiger partial charge < -0.3 is 14.8 Å². The molecule has 138 valence electrons. The molecule has 0 fully saturated rings. The molecule has 0 aliphatic heterocycles. The Morgan fingerprint density at radius 1 is 1.23 bits per heavy atom. The maximum atomic E-state index is 12.2. The summed E-state index contributed by atoms with van der Waals surface area (Å²) in [6, 6.07) is 6.11. The molecule has 0 saturated heterocycles. The Balaban J connectivity index is 1.95. The molecule has 11 heteroatoms. The lowest BCUT2D eigenvalue weighted by molar-refractivity contribution is -0.125. The third-order valence-corrected chi connectivity index (χ3v) is 3.84. The van der Waals surface area contributed by atoms with E-state index in [1.165, 1.54) is 19.2 Å². The lowest BCUT2D eigenvalue weighted by Crippen LogP contribution is -2.42. The van der Waals surface area contributed by atoms with E-state index in [4.69, 9.17) is 56.5 Å². The van der Waals surface area contributed by atoms with Crippen LogP contribution in [0.25, 0.3) is 0 Å². The first-order valence-corrected chi connectivity index (χ1v) is 8.65. The van der Waals surface area contributed by atoms with Crippen molar-refractivity contribution < 1.29 is 14.3 Å². The zero-order chi connectivity index (χ0) is 19.3. The molecular weight excluding hydrogens is 423 g/mol. The molecule has 0 spiro atoms. The number of carbonyl (C=O) groups is 1. The summed E-state index contributed by atoms with van der Waals surface area (Å²) in [6.07, 6.45) is -0.872. The number of rotatable bonds is 5. The van der Waals surface area contributed by atoms with E-state index in [1.54, 1.807) is 19.1 Å². The summed E-state index contributed by atoms with van der Waals surface area (Å²) in [4.78, 5) is 20.1. The zero-order valence-electron chi connectivity index (χ0n) is 13.5. The number of carbonyl (C=O) groups excluding carboxylic acids is 1. The molecule has 1 unspecified atom stereocenters. The van der Waals surface area contributed by atoms with Crippen LogP contribution < -0.4 is 20.1 Å². The Kier molecular flexibility index (Phi) is 7.22. The number of hydrogen-bond donors (Lipinski definition) is 2. The van der Waals surface area contributed by atoms with Gasteiger partial charge in [-0.15, -0.1) is 0 Å². The highest BCUT2D eigenvalue weighted by Crippen LogP contribution is 2.28. The number of nitrogens with zero attached hydrogens (tertiary/aromatic N) is 2. The van der Waals surface area contributed by atoms with Crippen LogP contribution in [0.4, 0.5) is 5.95 Å². The van der Waals surface area contributed by atoms with Gasteiger partial charge in [0.2, 0.25) is 11.8 Å². The quantitative estimate of drug-likeness (QED) is 0.547. The molecule has 1 amide bonds. The van der Waals surface area contributed by atoms with Gasteiger partial charge in [-0.05, 0) is 37.3 Å². The number of thiocarbonyl (C=S) groups is 1. The molecule has 1 aromatic heterocycles. The van der Waals surface area contributed by atoms with Crippen molar-refractivity contribution in [3.8, 4) is 11.6 Å². The van der Waals surface area contributed by atoms with Crippen LogP contribution >= 0.6 is 47.0 Å². The first-order valence-electron chi connectivity index (χ1n) is 7.10. The fraction of sp³-hybridized carbons (Fsp3) is 0.200. The maximum Gasteiger partial charge on any atom is 0.266 e. The van der Waals surface area contributed by atoms with E-state index in [-0.39, 0.29) is 27.1 Å². The number of benzene rings is 1. The lowest BCUT2D eigenvalue weighted by Gasteiger charge is -2.16. The van der Waals surface area contributed by atoms with Crippen LogP contribution in [-0.4, -0.2) is 34.2 Å². The smallest absolute Gasteiger partial charge is 0.266 e. The Labute approximate surface area is 170 Å². The molecule has 7 nitrogen and oxygen atoms in total. The van der Waals surface area contributed by atoms with Gasteiger partial charge in [0.05, 0.1) is 12.1 Å². The van der Waals surface area contributed by atoms with Gasteiger partial charge in [-0.25, -0.2) is 4.98 Å². The molecule has 2 aromatic rings. The number of ether oxygens (including phenoxy) is 2. The number of aromatic nitrogens is 2. The molecule has 0 aliphatic carbocycles. The van der Waals surface area contributed by atoms with E-state index < -0.39 is 12.0 Å². The van der Waals surface area contributed by atoms with Crippen LogP contribution in [0.15, 0.2) is 24.3 Å². The Bertz CT molecular complexity index is 838. The second-order valence-corrected chi connectivity index (χ2v) is 6.47. The van der Waals surface area contributed by atoms with Crippen molar-refractivity contribution in [2.75, 3.05) is 12.4 Å². The second-order valence-electron chi connectivity index (χ2n) is 4.83. The number of nitrogens with one attached hydrogen (secondary N) is 2. The van der Waals surface area contributed by atoms with E-state index >= 15 is 0 Å². The monoisotopic (exact) mass is 434 g/mol. The number of hydrogen-bond acceptors (Lipinski definition) is 6. The molecular formula is C15H13Cl3N4O3S. The van der Waals surface area contributed by atoms with E-state index in [1.807, 2.05) is 0 Å². The standard InChI is InChI=1S/C15H13Cl3N4O3S/c1-7(25-10-4-3-8(16)5-9(10)17)13(23)21-15(26)22-14-19-11(18)6-12(20-14)24-2/h3-7H,1-2H3,(H2,19,20,21,22,23,26). The molecule has 0 bridgehead atoms. The average Bonchev–Trinajstić information content (AvgIpc) is 2.56. The zero-order valence-corrected chi connectivity index (χ0v) is 16.6. The van der Waals surface area contributed by atoms with Gasteiger partial charge in [-0.1, -0.05) is 34.8 Å². The summed E-state index contributed by atoms with van der Waals surface area (Å²) in [5, 5.41) is 5.97. The molecule has 0 saturated carbocycles. The van der Waals surface area contributed by atoms with Gasteiger partial charge in [0.25, 0.3) is 5.91 Å². The van der Waals surface area contributed by atoms with Crippen LogP contribution in [0, 0.1) is 0 Å². The molecule has 0 radical (unpaired) electrons. The van der Waals surface area contributed by atoms with Crippen molar-refractivity contribution in [1.29, 1.82) is 0 Å². The number of halogens is 3. The van der Waals surface area contributed by atoms with Crippen LogP contribution in [0.5, 0.6) is 11.6 Å². The third-order valence-electron chi connectivity index (χ3n) is 2.91. The molecule has 1 heterocycles. The SMILES string of the molecule is COc1cc(Cl)nc(NC(=S)NC(=O)C(C)Oc2ccc(Cl)cc2Cl)n1. The third kappa shape index (κ3) is 5.84. The average molecular weight is 436 g/mol. The summed E-state index contributed by atoms with van der Waals surface area (Å²) < 4.78 is 10.5. The van der Waals surface area contributed by atoms with Crippen molar-refractivity contribution in [2.24, 2.45) is 0 Å². The minimum atomic E-state index is -0.872. The minimum Gasteiger partial charge on any atom is -0.481 e. The van der Waals surface area contributed by atoms with Gasteiger partial charge in [0, 0.05) is 11.1 Å². The fourth-order valence-corrected chi connectivity index (χ4v) is 2.54. The molecule has 2 N–H and O–H groups in total. The van der Waals surface area contributed by atoms with Crippen LogP contribution in [0.3, 0.4) is 0 Å². The van der Waals surface area contributed by atoms with Gasteiger partial charge in [-0.2, -0.15) is 4.98 Å². The summed E-state index contributed by atoms with van der Waals surface area (Å²) in [6.45, 7) is 1.54.